The minimum absolute atomic E-state index is 0.865. The third kappa shape index (κ3) is 1.99. The maximum atomic E-state index is 5.50. The highest BCUT2D eigenvalue weighted by Gasteiger charge is 2.29. The molecule has 0 amide bonds. The number of aryl methyl sites for hydroxylation is 1. The zero-order valence-corrected chi connectivity index (χ0v) is 11.3. The van der Waals surface area contributed by atoms with Crippen LogP contribution in [0.4, 0.5) is 0 Å². The molecule has 1 aromatic carbocycles. The maximum Gasteiger partial charge on any atom is 0.0468 e. The molecule has 0 radical (unpaired) electrons. The number of H-pyrrole nitrogens is 1. The predicted octanol–water partition coefficient (Wildman–Crippen LogP) is 3.70. The molecule has 1 aliphatic heterocycles. The van der Waals surface area contributed by atoms with Crippen molar-refractivity contribution < 1.29 is 4.74 Å². The molecular formula is C17H21NO. The van der Waals surface area contributed by atoms with Gasteiger partial charge in [0.05, 0.1) is 0 Å². The molecule has 1 unspecified atom stereocenters. The normalized spacial score (nSPS) is 24.5. The molecular weight excluding hydrogens is 234 g/mol. The summed E-state index contributed by atoms with van der Waals surface area (Å²) in [4.78, 5) is 3.65. The molecule has 2 nitrogen and oxygen atoms in total. The third-order valence-electron chi connectivity index (χ3n) is 5.07. The van der Waals surface area contributed by atoms with Crippen molar-refractivity contribution in [1.29, 1.82) is 0 Å². The molecule has 1 aliphatic carbocycles. The number of fused-ring (bicyclic) bond motifs is 3. The number of ether oxygens (including phenoxy) is 1. The van der Waals surface area contributed by atoms with Crippen LogP contribution >= 0.6 is 0 Å². The van der Waals surface area contributed by atoms with Crippen molar-refractivity contribution in [2.45, 2.75) is 32.1 Å². The van der Waals surface area contributed by atoms with Gasteiger partial charge in [0.1, 0.15) is 0 Å². The lowest BCUT2D eigenvalue weighted by atomic mass is 9.76. The fourth-order valence-electron chi connectivity index (χ4n) is 4.00. The molecule has 2 aliphatic rings. The Morgan fingerprint density at radius 3 is 2.74 bits per heavy atom. The largest absolute Gasteiger partial charge is 0.381 e. The number of para-hydroxylation sites is 1. The van der Waals surface area contributed by atoms with Crippen molar-refractivity contribution >= 4 is 10.9 Å². The number of aromatic amines is 1. The van der Waals surface area contributed by atoms with E-state index in [1.807, 2.05) is 0 Å². The van der Waals surface area contributed by atoms with E-state index in [1.54, 1.807) is 5.56 Å². The van der Waals surface area contributed by atoms with Crippen molar-refractivity contribution in [1.82, 2.24) is 4.98 Å². The van der Waals surface area contributed by atoms with Crippen LogP contribution in [0, 0.1) is 11.8 Å². The standard InChI is InChI=1S/C17H21NO/c1-2-4-16-14(3-1)15-6-5-13(11-17(15)18-16)12-7-9-19-10-8-12/h1-4,12-13,18H,5-11H2. The Labute approximate surface area is 114 Å². The van der Waals surface area contributed by atoms with Gasteiger partial charge in [0.25, 0.3) is 0 Å². The van der Waals surface area contributed by atoms with E-state index < -0.39 is 0 Å². The van der Waals surface area contributed by atoms with Gasteiger partial charge in [-0.3, -0.25) is 0 Å². The van der Waals surface area contributed by atoms with E-state index in [9.17, 15) is 0 Å². The predicted molar refractivity (Wildman–Crippen MR) is 77.4 cm³/mol. The number of hydrogen-bond donors (Lipinski definition) is 1. The van der Waals surface area contributed by atoms with Crippen LogP contribution in [-0.2, 0) is 17.6 Å². The summed E-state index contributed by atoms with van der Waals surface area (Å²) in [7, 11) is 0. The van der Waals surface area contributed by atoms with Gasteiger partial charge in [-0.2, -0.15) is 0 Å². The first-order chi connectivity index (χ1) is 9.42. The lowest BCUT2D eigenvalue weighted by Crippen LogP contribution is -2.27. The van der Waals surface area contributed by atoms with Crippen molar-refractivity contribution in [3.8, 4) is 0 Å². The molecule has 1 N–H and O–H groups in total. The molecule has 1 aromatic heterocycles. The van der Waals surface area contributed by atoms with Crippen LogP contribution in [0.3, 0.4) is 0 Å². The topological polar surface area (TPSA) is 25.0 Å². The summed E-state index contributed by atoms with van der Waals surface area (Å²) in [6, 6.07) is 8.75. The second-order valence-electron chi connectivity index (χ2n) is 6.08. The zero-order chi connectivity index (χ0) is 12.7. The lowest BCUT2D eigenvalue weighted by Gasteiger charge is -2.32. The van der Waals surface area contributed by atoms with Crippen LogP contribution in [0.25, 0.3) is 10.9 Å². The maximum absolute atomic E-state index is 5.50. The van der Waals surface area contributed by atoms with Gasteiger partial charge in [0.2, 0.25) is 0 Å². The molecule has 1 fully saturated rings. The van der Waals surface area contributed by atoms with E-state index in [2.05, 4.69) is 29.2 Å². The summed E-state index contributed by atoms with van der Waals surface area (Å²) >= 11 is 0. The van der Waals surface area contributed by atoms with E-state index in [-0.39, 0.29) is 0 Å². The van der Waals surface area contributed by atoms with Crippen LogP contribution in [0.2, 0.25) is 0 Å². The Balaban J connectivity index is 1.62. The van der Waals surface area contributed by atoms with Gasteiger partial charge in [-0.15, -0.1) is 0 Å². The van der Waals surface area contributed by atoms with Crippen LogP contribution in [0.1, 0.15) is 30.5 Å². The summed E-state index contributed by atoms with van der Waals surface area (Å²) in [6.45, 7) is 1.95. The number of benzene rings is 1. The molecule has 19 heavy (non-hydrogen) atoms. The Bertz CT molecular complexity index is 580. The molecule has 1 atom stereocenters. The molecule has 0 bridgehead atoms. The number of hydrogen-bond acceptors (Lipinski definition) is 1. The number of rotatable bonds is 1. The average molecular weight is 255 g/mol. The van der Waals surface area contributed by atoms with E-state index >= 15 is 0 Å². The molecule has 100 valence electrons. The molecule has 0 spiro atoms. The quantitative estimate of drug-likeness (QED) is 0.825. The lowest BCUT2D eigenvalue weighted by molar-refractivity contribution is 0.0438. The highest BCUT2D eigenvalue weighted by atomic mass is 16.5. The van der Waals surface area contributed by atoms with Crippen molar-refractivity contribution in [2.75, 3.05) is 13.2 Å². The first-order valence-corrected chi connectivity index (χ1v) is 7.58. The molecule has 2 aromatic rings. The summed E-state index contributed by atoms with van der Waals surface area (Å²) in [5, 5.41) is 1.45. The fraction of sp³-hybridized carbons (Fsp3) is 0.529. The third-order valence-corrected chi connectivity index (χ3v) is 5.07. The SMILES string of the molecule is c1ccc2c3c([nH]c2c1)CC(C1CCOCC1)CC3. The zero-order valence-electron chi connectivity index (χ0n) is 11.3. The van der Waals surface area contributed by atoms with Crippen LogP contribution in [-0.4, -0.2) is 18.2 Å². The van der Waals surface area contributed by atoms with Gasteiger partial charge in [-0.25, -0.2) is 0 Å². The molecule has 2 heteroatoms. The number of nitrogens with one attached hydrogen (secondary N) is 1. The Morgan fingerprint density at radius 1 is 1.00 bits per heavy atom. The first kappa shape index (κ1) is 11.5. The second kappa shape index (κ2) is 4.68. The Kier molecular flexibility index (Phi) is 2.84. The van der Waals surface area contributed by atoms with Crippen molar-refractivity contribution in [3.05, 3.63) is 35.5 Å². The summed E-state index contributed by atoms with van der Waals surface area (Å²) < 4.78 is 5.50. The van der Waals surface area contributed by atoms with Crippen LogP contribution in [0.15, 0.2) is 24.3 Å². The minimum Gasteiger partial charge on any atom is -0.381 e. The fourth-order valence-corrected chi connectivity index (χ4v) is 4.00. The van der Waals surface area contributed by atoms with E-state index in [4.69, 9.17) is 4.74 Å². The molecule has 2 heterocycles. The van der Waals surface area contributed by atoms with Gasteiger partial charge in [-0.05, 0) is 55.6 Å². The van der Waals surface area contributed by atoms with Crippen molar-refractivity contribution in [3.63, 3.8) is 0 Å². The molecule has 1 saturated heterocycles. The Morgan fingerprint density at radius 2 is 1.84 bits per heavy atom. The van der Waals surface area contributed by atoms with Crippen molar-refractivity contribution in [2.24, 2.45) is 11.8 Å². The minimum atomic E-state index is 0.865. The first-order valence-electron chi connectivity index (χ1n) is 7.58. The van der Waals surface area contributed by atoms with Gasteiger partial charge in [0.15, 0.2) is 0 Å². The summed E-state index contributed by atoms with van der Waals surface area (Å²) in [6.07, 6.45) is 6.38. The number of aromatic nitrogens is 1. The van der Waals surface area contributed by atoms with Gasteiger partial charge in [-0.1, -0.05) is 18.2 Å². The summed E-state index contributed by atoms with van der Waals surface area (Å²) in [5.41, 5.74) is 4.41. The van der Waals surface area contributed by atoms with Gasteiger partial charge < -0.3 is 9.72 Å². The highest BCUT2D eigenvalue weighted by Crippen LogP contribution is 2.37. The smallest absolute Gasteiger partial charge is 0.0468 e. The van der Waals surface area contributed by atoms with E-state index in [0.717, 1.165) is 25.0 Å². The monoisotopic (exact) mass is 255 g/mol. The van der Waals surface area contributed by atoms with Gasteiger partial charge in [0, 0.05) is 29.8 Å². The Hall–Kier alpha value is -1.28. The molecule has 4 rings (SSSR count). The van der Waals surface area contributed by atoms with Crippen LogP contribution in [0.5, 0.6) is 0 Å². The van der Waals surface area contributed by atoms with E-state index in [0.29, 0.717) is 0 Å². The van der Waals surface area contributed by atoms with Crippen LogP contribution < -0.4 is 0 Å². The average Bonchev–Trinajstić information content (AvgIpc) is 2.86. The summed E-state index contributed by atoms with van der Waals surface area (Å²) in [5.74, 6) is 1.75. The second-order valence-corrected chi connectivity index (χ2v) is 6.08. The highest BCUT2D eigenvalue weighted by molar-refractivity contribution is 5.84. The molecule has 0 saturated carbocycles. The van der Waals surface area contributed by atoms with E-state index in [1.165, 1.54) is 48.7 Å². The van der Waals surface area contributed by atoms with Gasteiger partial charge >= 0.3 is 0 Å².